The molecule has 2 aromatic rings. The number of ether oxygens (including phenoxy) is 1. The number of aliphatic imine (C=N–C) groups is 1. The van der Waals surface area contributed by atoms with Gasteiger partial charge in [0.1, 0.15) is 10.2 Å². The van der Waals surface area contributed by atoms with Gasteiger partial charge in [-0.25, -0.2) is 9.18 Å². The molecule has 2 aromatic carbocycles. The number of thioether (sulfide) groups is 2. The first kappa shape index (κ1) is 20.4. The van der Waals surface area contributed by atoms with E-state index in [1.807, 2.05) is 12.1 Å². The number of hydrogen-bond donors (Lipinski definition) is 1. The largest absolute Gasteiger partial charge is 0.452 e. The van der Waals surface area contributed by atoms with Gasteiger partial charge in [0.15, 0.2) is 6.61 Å². The van der Waals surface area contributed by atoms with E-state index in [1.165, 1.54) is 12.1 Å². The van der Waals surface area contributed by atoms with E-state index in [0.717, 1.165) is 27.8 Å². The molecule has 3 rings (SSSR count). The SMILES string of the molecule is Cc1ccc(NC(=O)COC(=O)c2ccccc2CSC2=NCCS2)c(F)c1. The molecule has 0 aromatic heterocycles. The van der Waals surface area contributed by atoms with Gasteiger partial charge in [0.2, 0.25) is 0 Å². The Labute approximate surface area is 171 Å². The lowest BCUT2D eigenvalue weighted by Gasteiger charge is -2.10. The van der Waals surface area contributed by atoms with Crippen LogP contribution in [0.4, 0.5) is 10.1 Å². The van der Waals surface area contributed by atoms with Crippen molar-refractivity contribution in [2.45, 2.75) is 12.7 Å². The van der Waals surface area contributed by atoms with Crippen LogP contribution in [0.5, 0.6) is 0 Å². The third kappa shape index (κ3) is 5.59. The topological polar surface area (TPSA) is 67.8 Å². The molecule has 28 heavy (non-hydrogen) atoms. The maximum atomic E-state index is 13.8. The second kappa shape index (κ2) is 9.75. The molecule has 0 unspecified atom stereocenters. The molecule has 0 bridgehead atoms. The second-order valence-corrected chi connectivity index (χ2v) is 8.36. The average molecular weight is 419 g/mol. The molecule has 146 valence electrons. The Balaban J connectivity index is 1.56. The molecule has 1 aliphatic heterocycles. The van der Waals surface area contributed by atoms with Gasteiger partial charge in [-0.2, -0.15) is 0 Å². The fourth-order valence-electron chi connectivity index (χ4n) is 2.50. The van der Waals surface area contributed by atoms with Crippen LogP contribution in [0.3, 0.4) is 0 Å². The van der Waals surface area contributed by atoms with E-state index in [-0.39, 0.29) is 5.69 Å². The van der Waals surface area contributed by atoms with Gasteiger partial charge in [0.05, 0.1) is 17.8 Å². The van der Waals surface area contributed by atoms with Crippen LogP contribution in [0.1, 0.15) is 21.5 Å². The molecule has 1 N–H and O–H groups in total. The molecular weight excluding hydrogens is 399 g/mol. The van der Waals surface area contributed by atoms with E-state index < -0.39 is 24.3 Å². The number of benzene rings is 2. The van der Waals surface area contributed by atoms with Crippen molar-refractivity contribution in [3.05, 3.63) is 65.0 Å². The van der Waals surface area contributed by atoms with Gasteiger partial charge in [-0.1, -0.05) is 47.8 Å². The summed E-state index contributed by atoms with van der Waals surface area (Å²) in [5.41, 5.74) is 2.03. The number of halogens is 1. The summed E-state index contributed by atoms with van der Waals surface area (Å²) in [5, 5.41) is 2.41. The number of nitrogens with zero attached hydrogens (tertiary/aromatic N) is 1. The minimum Gasteiger partial charge on any atom is -0.452 e. The van der Waals surface area contributed by atoms with Crippen molar-refractivity contribution >= 4 is 45.5 Å². The molecule has 0 saturated heterocycles. The van der Waals surface area contributed by atoms with Gasteiger partial charge in [0.25, 0.3) is 5.91 Å². The fraction of sp³-hybridized carbons (Fsp3) is 0.250. The molecule has 1 amide bonds. The van der Waals surface area contributed by atoms with Crippen LogP contribution in [0.15, 0.2) is 47.5 Å². The Kier molecular flexibility index (Phi) is 7.11. The highest BCUT2D eigenvalue weighted by atomic mass is 32.2. The number of amides is 1. The first-order valence-corrected chi connectivity index (χ1v) is 10.6. The zero-order valence-electron chi connectivity index (χ0n) is 15.2. The van der Waals surface area contributed by atoms with Crippen LogP contribution >= 0.6 is 23.5 Å². The molecule has 0 spiro atoms. The van der Waals surface area contributed by atoms with E-state index in [1.54, 1.807) is 48.6 Å². The summed E-state index contributed by atoms with van der Waals surface area (Å²) in [7, 11) is 0. The van der Waals surface area contributed by atoms with Crippen LogP contribution in [0, 0.1) is 12.7 Å². The van der Waals surface area contributed by atoms with Gasteiger partial charge in [-0.15, -0.1) is 0 Å². The first-order valence-electron chi connectivity index (χ1n) is 8.64. The maximum Gasteiger partial charge on any atom is 0.338 e. The zero-order valence-corrected chi connectivity index (χ0v) is 16.9. The third-order valence-electron chi connectivity index (χ3n) is 3.88. The van der Waals surface area contributed by atoms with Crippen molar-refractivity contribution in [2.75, 3.05) is 24.2 Å². The summed E-state index contributed by atoms with van der Waals surface area (Å²) in [4.78, 5) is 28.8. The minimum absolute atomic E-state index is 0.0540. The van der Waals surface area contributed by atoms with Crippen LogP contribution < -0.4 is 5.32 Å². The average Bonchev–Trinajstić information content (AvgIpc) is 3.20. The Morgan fingerprint density at radius 3 is 2.86 bits per heavy atom. The number of carbonyl (C=O) groups excluding carboxylic acids is 2. The Bertz CT molecular complexity index is 918. The van der Waals surface area contributed by atoms with Gasteiger partial charge in [-0.3, -0.25) is 9.79 Å². The number of anilines is 1. The number of carbonyl (C=O) groups is 2. The first-order chi connectivity index (χ1) is 13.5. The van der Waals surface area contributed by atoms with Crippen LogP contribution in [-0.2, 0) is 15.3 Å². The summed E-state index contributed by atoms with van der Waals surface area (Å²) in [6, 6.07) is 11.6. The normalized spacial score (nSPS) is 13.1. The molecule has 8 heteroatoms. The second-order valence-electron chi connectivity index (χ2n) is 6.05. The summed E-state index contributed by atoms with van der Waals surface area (Å²) in [6.07, 6.45) is 0. The van der Waals surface area contributed by atoms with Crippen molar-refractivity contribution < 1.29 is 18.7 Å². The molecule has 0 fully saturated rings. The van der Waals surface area contributed by atoms with Gasteiger partial charge >= 0.3 is 5.97 Å². The van der Waals surface area contributed by atoms with Crippen LogP contribution in [0.2, 0.25) is 0 Å². The maximum absolute atomic E-state index is 13.8. The molecule has 0 atom stereocenters. The number of esters is 1. The van der Waals surface area contributed by atoms with Crippen molar-refractivity contribution in [1.29, 1.82) is 0 Å². The van der Waals surface area contributed by atoms with Gasteiger partial charge in [-0.05, 0) is 36.2 Å². The van der Waals surface area contributed by atoms with E-state index in [4.69, 9.17) is 4.74 Å². The molecule has 0 aliphatic carbocycles. The summed E-state index contributed by atoms with van der Waals surface area (Å²) in [5.74, 6) is -0.133. The highest BCUT2D eigenvalue weighted by Crippen LogP contribution is 2.26. The van der Waals surface area contributed by atoms with Crippen molar-refractivity contribution in [2.24, 2.45) is 4.99 Å². The van der Waals surface area contributed by atoms with E-state index >= 15 is 0 Å². The molecular formula is C20H19FN2O3S2. The number of aryl methyl sites for hydroxylation is 1. The molecule has 5 nitrogen and oxygen atoms in total. The predicted octanol–water partition coefficient (Wildman–Crippen LogP) is 4.27. The summed E-state index contributed by atoms with van der Waals surface area (Å²) in [6.45, 7) is 2.09. The predicted molar refractivity (Wildman–Crippen MR) is 113 cm³/mol. The summed E-state index contributed by atoms with van der Waals surface area (Å²) < 4.78 is 19.9. The Morgan fingerprint density at radius 2 is 2.11 bits per heavy atom. The van der Waals surface area contributed by atoms with Crippen molar-refractivity contribution in [3.8, 4) is 0 Å². The van der Waals surface area contributed by atoms with Gasteiger partial charge in [0, 0.05) is 11.5 Å². The molecule has 1 heterocycles. The van der Waals surface area contributed by atoms with Crippen LogP contribution in [0.25, 0.3) is 0 Å². The quantitative estimate of drug-likeness (QED) is 0.710. The fourth-order valence-corrected chi connectivity index (χ4v) is 4.52. The standard InChI is InChI=1S/C20H19FN2O3S2/c1-13-6-7-17(16(21)10-13)23-18(24)11-26-19(25)15-5-3-2-4-14(15)12-28-20-22-8-9-27-20/h2-7,10H,8-9,11-12H2,1H3,(H,23,24). The zero-order chi connectivity index (χ0) is 19.9. The Morgan fingerprint density at radius 1 is 1.29 bits per heavy atom. The van der Waals surface area contributed by atoms with E-state index in [0.29, 0.717) is 11.3 Å². The van der Waals surface area contributed by atoms with Gasteiger partial charge < -0.3 is 10.1 Å². The molecule has 1 aliphatic rings. The number of hydrogen-bond acceptors (Lipinski definition) is 6. The summed E-state index contributed by atoms with van der Waals surface area (Å²) >= 11 is 3.29. The third-order valence-corrected chi connectivity index (χ3v) is 6.18. The molecule has 0 saturated carbocycles. The number of nitrogens with one attached hydrogen (secondary N) is 1. The van der Waals surface area contributed by atoms with Crippen molar-refractivity contribution in [1.82, 2.24) is 0 Å². The van der Waals surface area contributed by atoms with Crippen LogP contribution in [-0.4, -0.2) is 35.2 Å². The number of rotatable bonds is 6. The minimum atomic E-state index is -0.598. The highest BCUT2D eigenvalue weighted by molar-refractivity contribution is 8.38. The smallest absolute Gasteiger partial charge is 0.338 e. The lowest BCUT2D eigenvalue weighted by atomic mass is 10.1. The van der Waals surface area contributed by atoms with Crippen molar-refractivity contribution in [3.63, 3.8) is 0 Å². The van der Waals surface area contributed by atoms with E-state index in [9.17, 15) is 14.0 Å². The monoisotopic (exact) mass is 418 g/mol. The molecule has 0 radical (unpaired) electrons. The Hall–Kier alpha value is -2.32. The highest BCUT2D eigenvalue weighted by Gasteiger charge is 2.16. The lowest BCUT2D eigenvalue weighted by Crippen LogP contribution is -2.22. The van der Waals surface area contributed by atoms with E-state index in [2.05, 4.69) is 10.3 Å². The lowest BCUT2D eigenvalue weighted by molar-refractivity contribution is -0.119.